The molecule has 0 unspecified atom stereocenters. The molecule has 24 heavy (non-hydrogen) atoms. The first kappa shape index (κ1) is 16.4. The number of aromatic nitrogens is 1. The van der Waals surface area contributed by atoms with Gasteiger partial charge >= 0.3 is 0 Å². The van der Waals surface area contributed by atoms with Gasteiger partial charge in [0.05, 0.1) is 23.8 Å². The van der Waals surface area contributed by atoms with Gasteiger partial charge in [0.2, 0.25) is 0 Å². The molecule has 1 aromatic rings. The number of carbonyl (C=O) groups excluding carboxylic acids is 1. The number of hydrogen-bond donors (Lipinski definition) is 1. The first-order valence-corrected chi connectivity index (χ1v) is 10.2. The lowest BCUT2D eigenvalue weighted by Crippen LogP contribution is -2.71. The third kappa shape index (κ3) is 2.85. The zero-order chi connectivity index (χ0) is 16.5. The van der Waals surface area contributed by atoms with E-state index in [4.69, 9.17) is 4.74 Å². The lowest BCUT2D eigenvalue weighted by molar-refractivity contribution is -0.0862. The lowest BCUT2D eigenvalue weighted by Gasteiger charge is -2.53. The normalized spacial score (nSPS) is 32.9. The Morgan fingerprint density at radius 1 is 1.38 bits per heavy atom. The van der Waals surface area contributed by atoms with Gasteiger partial charge in [-0.2, -0.15) is 0 Å². The van der Waals surface area contributed by atoms with Crippen molar-refractivity contribution in [1.82, 2.24) is 15.2 Å². The van der Waals surface area contributed by atoms with Gasteiger partial charge in [0.1, 0.15) is 5.03 Å². The van der Waals surface area contributed by atoms with E-state index < -0.39 is 0 Å². The van der Waals surface area contributed by atoms with Crippen LogP contribution in [0.2, 0.25) is 0 Å². The minimum atomic E-state index is 0.00445. The van der Waals surface area contributed by atoms with Crippen molar-refractivity contribution in [2.45, 2.75) is 48.9 Å². The van der Waals surface area contributed by atoms with Crippen LogP contribution in [0.5, 0.6) is 0 Å². The summed E-state index contributed by atoms with van der Waals surface area (Å²) in [7, 11) is 0. The number of carbonyl (C=O) groups is 1. The average molecular weight is 347 g/mol. The first-order valence-electron chi connectivity index (χ1n) is 8.95. The Morgan fingerprint density at radius 3 is 3.00 bits per heavy atom. The molecular weight excluding hydrogens is 322 g/mol. The molecule has 5 nitrogen and oxygen atoms in total. The molecule has 0 spiro atoms. The van der Waals surface area contributed by atoms with E-state index in [9.17, 15) is 4.79 Å². The van der Waals surface area contributed by atoms with Crippen LogP contribution in [0, 0.1) is 5.92 Å². The summed E-state index contributed by atoms with van der Waals surface area (Å²) in [4.78, 5) is 19.7. The van der Waals surface area contributed by atoms with E-state index in [0.717, 1.165) is 31.1 Å². The Hall–Kier alpha value is -1.11. The van der Waals surface area contributed by atoms with Gasteiger partial charge in [-0.05, 0) is 50.7 Å². The molecule has 0 radical (unpaired) electrons. The predicted molar refractivity (Wildman–Crippen MR) is 94.3 cm³/mol. The number of amides is 1. The van der Waals surface area contributed by atoms with Gasteiger partial charge in [-0.3, -0.25) is 9.69 Å². The summed E-state index contributed by atoms with van der Waals surface area (Å²) in [6.45, 7) is 3.09. The highest BCUT2D eigenvalue weighted by Crippen LogP contribution is 2.42. The van der Waals surface area contributed by atoms with Crippen molar-refractivity contribution in [2.24, 2.45) is 5.92 Å². The highest BCUT2D eigenvalue weighted by atomic mass is 32.2. The number of pyridine rings is 1. The van der Waals surface area contributed by atoms with Gasteiger partial charge in [0, 0.05) is 18.7 Å². The Bertz CT molecular complexity index is 606. The summed E-state index contributed by atoms with van der Waals surface area (Å²) in [5, 5.41) is 4.11. The topological polar surface area (TPSA) is 54.5 Å². The van der Waals surface area contributed by atoms with Crippen molar-refractivity contribution < 1.29 is 9.53 Å². The number of hydrogen-bond acceptors (Lipinski definition) is 5. The molecule has 3 fully saturated rings. The molecule has 0 bridgehead atoms. The molecule has 4 atom stereocenters. The molecule has 3 aliphatic rings. The van der Waals surface area contributed by atoms with Crippen molar-refractivity contribution in [2.75, 3.05) is 26.0 Å². The van der Waals surface area contributed by atoms with E-state index >= 15 is 0 Å². The molecule has 130 valence electrons. The maximum atomic E-state index is 12.8. The summed E-state index contributed by atoms with van der Waals surface area (Å²) >= 11 is 1.52. The Kier molecular flexibility index (Phi) is 4.79. The van der Waals surface area contributed by atoms with Crippen LogP contribution >= 0.6 is 11.8 Å². The first-order chi connectivity index (χ1) is 11.8. The molecule has 2 saturated heterocycles. The number of fused-ring (bicyclic) bond motifs is 1. The van der Waals surface area contributed by atoms with Crippen molar-refractivity contribution in [3.05, 3.63) is 23.9 Å². The Balaban J connectivity index is 1.50. The predicted octanol–water partition coefficient (Wildman–Crippen LogP) is 2.18. The second-order valence-corrected chi connectivity index (χ2v) is 7.73. The van der Waals surface area contributed by atoms with Gasteiger partial charge < -0.3 is 10.1 Å². The van der Waals surface area contributed by atoms with Crippen LogP contribution in [0.15, 0.2) is 23.4 Å². The Morgan fingerprint density at radius 2 is 2.21 bits per heavy atom. The standard InChI is InChI=1S/C18H25N3O2S/c1-24-18-13(6-5-8-19-18)17(22)20-14-12-7-11-23-16(12)15(14)21-9-3-2-4-10-21/h5-6,8,12,14-16H,2-4,7,9-11H2,1H3,(H,20,22)/t12-,14+,15-,16-/m1/s1. The fraction of sp³-hybridized carbons (Fsp3) is 0.667. The fourth-order valence-corrected chi connectivity index (χ4v) is 5.02. The van der Waals surface area contributed by atoms with Crippen LogP contribution in [0.4, 0.5) is 0 Å². The number of nitrogens with one attached hydrogen (secondary N) is 1. The number of rotatable bonds is 4. The SMILES string of the molecule is CSc1ncccc1C(=O)N[C@H]1[C@H]2CCO[C@H]2[C@@H]1N1CCCCC1. The Labute approximate surface area is 147 Å². The molecule has 1 N–H and O–H groups in total. The van der Waals surface area contributed by atoms with E-state index in [1.807, 2.05) is 18.4 Å². The van der Waals surface area contributed by atoms with E-state index in [2.05, 4.69) is 15.2 Å². The molecule has 4 rings (SSSR count). The summed E-state index contributed by atoms with van der Waals surface area (Å²) < 4.78 is 5.97. The highest BCUT2D eigenvalue weighted by molar-refractivity contribution is 7.98. The van der Waals surface area contributed by atoms with Gasteiger partial charge in [-0.15, -0.1) is 11.8 Å². The third-order valence-electron chi connectivity index (χ3n) is 5.67. The molecule has 1 amide bonds. The van der Waals surface area contributed by atoms with Crippen LogP contribution in [-0.2, 0) is 4.74 Å². The smallest absolute Gasteiger partial charge is 0.254 e. The van der Waals surface area contributed by atoms with E-state index in [-0.39, 0.29) is 11.9 Å². The molecule has 1 saturated carbocycles. The summed E-state index contributed by atoms with van der Waals surface area (Å²) in [5.74, 6) is 0.472. The number of ether oxygens (including phenoxy) is 1. The second kappa shape index (κ2) is 7.02. The van der Waals surface area contributed by atoms with E-state index in [1.165, 1.54) is 31.0 Å². The van der Waals surface area contributed by atoms with Crippen molar-refractivity contribution in [1.29, 1.82) is 0 Å². The van der Waals surface area contributed by atoms with Gasteiger partial charge in [-0.1, -0.05) is 6.42 Å². The number of nitrogens with zero attached hydrogens (tertiary/aromatic N) is 2. The quantitative estimate of drug-likeness (QED) is 0.846. The summed E-state index contributed by atoms with van der Waals surface area (Å²) in [5.41, 5.74) is 0.685. The lowest BCUT2D eigenvalue weighted by atomic mass is 9.70. The molecule has 2 aliphatic heterocycles. The number of likely N-dealkylation sites (tertiary alicyclic amines) is 1. The minimum Gasteiger partial charge on any atom is -0.376 e. The zero-order valence-corrected chi connectivity index (χ0v) is 14.9. The maximum absolute atomic E-state index is 12.8. The van der Waals surface area contributed by atoms with Crippen LogP contribution in [0.1, 0.15) is 36.0 Å². The van der Waals surface area contributed by atoms with Crippen molar-refractivity contribution in [3.63, 3.8) is 0 Å². The van der Waals surface area contributed by atoms with Crippen LogP contribution < -0.4 is 5.32 Å². The van der Waals surface area contributed by atoms with Crippen molar-refractivity contribution >= 4 is 17.7 Å². The molecule has 6 heteroatoms. The molecule has 0 aromatic carbocycles. The van der Waals surface area contributed by atoms with Gasteiger partial charge in [-0.25, -0.2) is 4.98 Å². The van der Waals surface area contributed by atoms with Gasteiger partial charge in [0.25, 0.3) is 5.91 Å². The molecule has 1 aromatic heterocycles. The minimum absolute atomic E-state index is 0.00445. The highest BCUT2D eigenvalue weighted by Gasteiger charge is 2.56. The fourth-order valence-electron chi connectivity index (χ4n) is 4.48. The zero-order valence-electron chi connectivity index (χ0n) is 14.1. The summed E-state index contributed by atoms with van der Waals surface area (Å²) in [6, 6.07) is 4.25. The molecule has 3 heterocycles. The molecular formula is C18H25N3O2S. The summed E-state index contributed by atoms with van der Waals surface area (Å²) in [6.07, 6.45) is 8.90. The number of thioether (sulfide) groups is 1. The van der Waals surface area contributed by atoms with Gasteiger partial charge in [0.15, 0.2) is 0 Å². The second-order valence-electron chi connectivity index (χ2n) is 6.93. The van der Waals surface area contributed by atoms with Crippen LogP contribution in [0.25, 0.3) is 0 Å². The van der Waals surface area contributed by atoms with E-state index in [1.54, 1.807) is 6.20 Å². The molecule has 1 aliphatic carbocycles. The maximum Gasteiger partial charge on any atom is 0.254 e. The largest absolute Gasteiger partial charge is 0.376 e. The van der Waals surface area contributed by atoms with Crippen LogP contribution in [-0.4, -0.2) is 59.9 Å². The monoisotopic (exact) mass is 347 g/mol. The van der Waals surface area contributed by atoms with Crippen LogP contribution in [0.3, 0.4) is 0 Å². The van der Waals surface area contributed by atoms with E-state index in [0.29, 0.717) is 23.6 Å². The van der Waals surface area contributed by atoms with Crippen molar-refractivity contribution in [3.8, 4) is 0 Å². The number of piperidine rings is 1. The average Bonchev–Trinajstić information content (AvgIpc) is 3.04. The third-order valence-corrected chi connectivity index (χ3v) is 6.38.